The van der Waals surface area contributed by atoms with E-state index in [0.29, 0.717) is 28.2 Å². The Morgan fingerprint density at radius 1 is 0.923 bits per heavy atom. The van der Waals surface area contributed by atoms with Crippen molar-refractivity contribution in [2.75, 3.05) is 7.11 Å². The van der Waals surface area contributed by atoms with Crippen molar-refractivity contribution in [3.05, 3.63) is 72.0 Å². The van der Waals surface area contributed by atoms with Crippen LogP contribution in [0.25, 0.3) is 22.3 Å². The van der Waals surface area contributed by atoms with E-state index in [9.17, 15) is 0 Å². The van der Waals surface area contributed by atoms with Gasteiger partial charge in [-0.05, 0) is 36.4 Å². The summed E-state index contributed by atoms with van der Waals surface area (Å²) in [6.07, 6.45) is 3.41. The average molecular weight is 364 g/mol. The van der Waals surface area contributed by atoms with Gasteiger partial charge in [-0.1, -0.05) is 23.7 Å². The number of fused-ring (bicyclic) bond motifs is 1. The quantitative estimate of drug-likeness (QED) is 0.502. The molecule has 2 aromatic heterocycles. The predicted octanol–water partition coefficient (Wildman–Crippen LogP) is 5.15. The molecule has 0 aliphatic carbocycles. The van der Waals surface area contributed by atoms with Crippen molar-refractivity contribution in [2.45, 2.75) is 0 Å². The second-order valence-electron chi connectivity index (χ2n) is 5.50. The number of ether oxygens (including phenoxy) is 2. The van der Waals surface area contributed by atoms with Crippen LogP contribution in [0, 0.1) is 0 Å². The SMILES string of the molecule is COc1ccc(Oc2nc(-c3ccncc3)nc3ccccc23)cc1Cl. The van der Waals surface area contributed by atoms with Crippen molar-refractivity contribution < 1.29 is 9.47 Å². The molecule has 0 fully saturated rings. The molecule has 0 radical (unpaired) electrons. The van der Waals surface area contributed by atoms with Gasteiger partial charge in [-0.3, -0.25) is 4.98 Å². The Labute approximate surface area is 155 Å². The highest BCUT2D eigenvalue weighted by atomic mass is 35.5. The lowest BCUT2D eigenvalue weighted by Crippen LogP contribution is -1.96. The van der Waals surface area contributed by atoms with Gasteiger partial charge in [0, 0.05) is 24.0 Å². The van der Waals surface area contributed by atoms with E-state index in [1.165, 1.54) is 0 Å². The van der Waals surface area contributed by atoms with Gasteiger partial charge in [-0.2, -0.15) is 4.98 Å². The molecule has 2 aromatic carbocycles. The first-order valence-electron chi connectivity index (χ1n) is 7.93. The highest BCUT2D eigenvalue weighted by molar-refractivity contribution is 6.32. The molecule has 0 saturated carbocycles. The normalized spacial score (nSPS) is 10.7. The molecule has 26 heavy (non-hydrogen) atoms. The Kier molecular flexibility index (Phi) is 4.37. The molecule has 0 unspecified atom stereocenters. The fourth-order valence-corrected chi connectivity index (χ4v) is 2.83. The van der Waals surface area contributed by atoms with Crippen LogP contribution < -0.4 is 9.47 Å². The van der Waals surface area contributed by atoms with E-state index in [1.807, 2.05) is 36.4 Å². The minimum absolute atomic E-state index is 0.462. The van der Waals surface area contributed by atoms with Gasteiger partial charge in [0.1, 0.15) is 11.5 Å². The number of halogens is 1. The summed E-state index contributed by atoms with van der Waals surface area (Å²) >= 11 is 6.20. The summed E-state index contributed by atoms with van der Waals surface area (Å²) in [5, 5.41) is 1.29. The summed E-state index contributed by atoms with van der Waals surface area (Å²) in [5.41, 5.74) is 1.66. The van der Waals surface area contributed by atoms with Crippen molar-refractivity contribution in [1.82, 2.24) is 15.0 Å². The summed E-state index contributed by atoms with van der Waals surface area (Å²) in [5.74, 6) is 2.19. The van der Waals surface area contributed by atoms with E-state index in [0.717, 1.165) is 16.5 Å². The molecule has 6 heteroatoms. The first-order valence-corrected chi connectivity index (χ1v) is 8.31. The molecule has 128 valence electrons. The largest absolute Gasteiger partial charge is 0.495 e. The van der Waals surface area contributed by atoms with Crippen molar-refractivity contribution in [3.8, 4) is 28.8 Å². The number of aromatic nitrogens is 3. The molecule has 0 spiro atoms. The second kappa shape index (κ2) is 6.98. The number of hydrogen-bond donors (Lipinski definition) is 0. The fourth-order valence-electron chi connectivity index (χ4n) is 2.58. The molecule has 0 bridgehead atoms. The Bertz CT molecular complexity index is 1070. The lowest BCUT2D eigenvalue weighted by Gasteiger charge is -2.11. The molecule has 2 heterocycles. The number of methoxy groups -OCH3 is 1. The van der Waals surface area contributed by atoms with E-state index in [4.69, 9.17) is 21.1 Å². The van der Waals surface area contributed by atoms with Crippen LogP contribution in [0.4, 0.5) is 0 Å². The van der Waals surface area contributed by atoms with Gasteiger partial charge in [0.15, 0.2) is 5.82 Å². The lowest BCUT2D eigenvalue weighted by molar-refractivity contribution is 0.412. The van der Waals surface area contributed by atoms with E-state index < -0.39 is 0 Å². The van der Waals surface area contributed by atoms with Crippen molar-refractivity contribution in [1.29, 1.82) is 0 Å². The number of para-hydroxylation sites is 1. The topological polar surface area (TPSA) is 57.1 Å². The van der Waals surface area contributed by atoms with Gasteiger partial charge in [0.2, 0.25) is 5.88 Å². The maximum atomic E-state index is 6.20. The summed E-state index contributed by atoms with van der Waals surface area (Å²) in [7, 11) is 1.57. The number of pyridine rings is 1. The maximum absolute atomic E-state index is 6.20. The summed E-state index contributed by atoms with van der Waals surface area (Å²) < 4.78 is 11.2. The smallest absolute Gasteiger partial charge is 0.230 e. The molecule has 0 aliphatic rings. The van der Waals surface area contributed by atoms with E-state index >= 15 is 0 Å². The van der Waals surface area contributed by atoms with Crippen LogP contribution >= 0.6 is 11.6 Å². The van der Waals surface area contributed by atoms with Crippen LogP contribution in [-0.2, 0) is 0 Å². The zero-order valence-electron chi connectivity index (χ0n) is 13.9. The highest BCUT2D eigenvalue weighted by Gasteiger charge is 2.12. The molecular formula is C20H14ClN3O2. The number of nitrogens with zero attached hydrogens (tertiary/aromatic N) is 3. The van der Waals surface area contributed by atoms with E-state index in [1.54, 1.807) is 37.7 Å². The molecule has 5 nitrogen and oxygen atoms in total. The molecule has 0 atom stereocenters. The van der Waals surface area contributed by atoms with Gasteiger partial charge < -0.3 is 9.47 Å². The zero-order chi connectivity index (χ0) is 17.9. The zero-order valence-corrected chi connectivity index (χ0v) is 14.6. The molecule has 4 rings (SSSR count). The van der Waals surface area contributed by atoms with Crippen LogP contribution in [-0.4, -0.2) is 22.1 Å². The molecule has 0 aliphatic heterocycles. The van der Waals surface area contributed by atoms with Gasteiger partial charge in [-0.25, -0.2) is 4.98 Å². The first-order chi connectivity index (χ1) is 12.7. The molecule has 0 amide bonds. The maximum Gasteiger partial charge on any atom is 0.230 e. The summed E-state index contributed by atoms with van der Waals surface area (Å²) in [6.45, 7) is 0. The van der Waals surface area contributed by atoms with Crippen LogP contribution in [0.2, 0.25) is 5.02 Å². The molecular weight excluding hydrogens is 350 g/mol. The fraction of sp³-hybridized carbons (Fsp3) is 0.0500. The minimum Gasteiger partial charge on any atom is -0.495 e. The number of rotatable bonds is 4. The van der Waals surface area contributed by atoms with Crippen LogP contribution in [0.1, 0.15) is 0 Å². The minimum atomic E-state index is 0.462. The third-order valence-corrected chi connectivity index (χ3v) is 4.14. The predicted molar refractivity (Wildman–Crippen MR) is 101 cm³/mol. The molecule has 0 saturated heterocycles. The van der Waals surface area contributed by atoms with Gasteiger partial charge in [-0.15, -0.1) is 0 Å². The Hall–Kier alpha value is -3.18. The van der Waals surface area contributed by atoms with Crippen molar-refractivity contribution in [3.63, 3.8) is 0 Å². The number of benzene rings is 2. The Morgan fingerprint density at radius 2 is 1.73 bits per heavy atom. The van der Waals surface area contributed by atoms with Crippen molar-refractivity contribution in [2.24, 2.45) is 0 Å². The van der Waals surface area contributed by atoms with Crippen LogP contribution in [0.5, 0.6) is 17.4 Å². The van der Waals surface area contributed by atoms with E-state index in [-0.39, 0.29) is 0 Å². The summed E-state index contributed by atoms with van der Waals surface area (Å²) in [4.78, 5) is 13.3. The second-order valence-corrected chi connectivity index (χ2v) is 5.91. The van der Waals surface area contributed by atoms with Gasteiger partial charge in [0.05, 0.1) is 23.0 Å². The third kappa shape index (κ3) is 3.17. The van der Waals surface area contributed by atoms with E-state index in [2.05, 4.69) is 15.0 Å². The van der Waals surface area contributed by atoms with Gasteiger partial charge >= 0.3 is 0 Å². The lowest BCUT2D eigenvalue weighted by atomic mass is 10.2. The molecule has 4 aromatic rings. The molecule has 0 N–H and O–H groups in total. The Morgan fingerprint density at radius 3 is 2.50 bits per heavy atom. The monoisotopic (exact) mass is 363 g/mol. The highest BCUT2D eigenvalue weighted by Crippen LogP contribution is 2.33. The average Bonchev–Trinajstić information content (AvgIpc) is 2.69. The van der Waals surface area contributed by atoms with Gasteiger partial charge in [0.25, 0.3) is 0 Å². The third-order valence-electron chi connectivity index (χ3n) is 3.84. The standard InChI is InChI=1S/C20H14ClN3O2/c1-25-18-7-6-14(12-16(18)21)26-20-15-4-2-3-5-17(15)23-19(24-20)13-8-10-22-11-9-13/h2-12H,1H3. The van der Waals surface area contributed by atoms with Crippen LogP contribution in [0.3, 0.4) is 0 Å². The number of hydrogen-bond acceptors (Lipinski definition) is 5. The summed E-state index contributed by atoms with van der Waals surface area (Å²) in [6, 6.07) is 16.7. The van der Waals surface area contributed by atoms with Crippen LogP contribution in [0.15, 0.2) is 67.0 Å². The first kappa shape index (κ1) is 16.3. The Balaban J connectivity index is 1.82. The van der Waals surface area contributed by atoms with Crippen molar-refractivity contribution >= 4 is 22.5 Å².